The highest BCUT2D eigenvalue weighted by atomic mass is 32.2. The quantitative estimate of drug-likeness (QED) is 0.474. The van der Waals surface area contributed by atoms with Crippen molar-refractivity contribution in [3.8, 4) is 22.4 Å². The van der Waals surface area contributed by atoms with Crippen LogP contribution in [0.15, 0.2) is 69.1 Å². The minimum atomic E-state index is -3.88. The van der Waals surface area contributed by atoms with Crippen molar-refractivity contribution in [2.45, 2.75) is 29.8 Å². The normalized spacial score (nSPS) is 11.6. The van der Waals surface area contributed by atoms with Crippen LogP contribution in [0.2, 0.25) is 0 Å². The van der Waals surface area contributed by atoms with Crippen molar-refractivity contribution in [2.75, 3.05) is 5.75 Å². The van der Waals surface area contributed by atoms with E-state index in [2.05, 4.69) is 12.1 Å². The maximum atomic E-state index is 12.1. The molecule has 0 spiro atoms. The summed E-state index contributed by atoms with van der Waals surface area (Å²) >= 11 is 1.54. The van der Waals surface area contributed by atoms with E-state index in [1.807, 2.05) is 30.3 Å². The van der Waals surface area contributed by atoms with Crippen molar-refractivity contribution in [3.63, 3.8) is 0 Å². The van der Waals surface area contributed by atoms with Crippen LogP contribution in [0.25, 0.3) is 22.4 Å². The summed E-state index contributed by atoms with van der Waals surface area (Å²) in [6, 6.07) is 16.2. The van der Waals surface area contributed by atoms with E-state index >= 15 is 0 Å². The lowest BCUT2D eigenvalue weighted by Gasteiger charge is -2.09. The first kappa shape index (κ1) is 18.7. The monoisotopic (exact) mass is 388 g/mol. The van der Waals surface area contributed by atoms with Crippen LogP contribution in [-0.2, 0) is 10.0 Å². The standard InChI is InChI=1S/C19H20N2O3S2/c1-2-3-13-25-19-17(15-11-7-8-12-16(15)26(20,22)23)18(21-24-19)14-9-5-4-6-10-14/h4-12H,2-3,13H2,1H3,(H2,20,22,23). The van der Waals surface area contributed by atoms with E-state index in [0.717, 1.165) is 24.2 Å². The number of nitrogens with two attached hydrogens (primary N) is 1. The number of rotatable bonds is 7. The van der Waals surface area contributed by atoms with Gasteiger partial charge in [0, 0.05) is 16.9 Å². The zero-order valence-corrected chi connectivity index (χ0v) is 16.0. The van der Waals surface area contributed by atoms with Crippen LogP contribution in [0.4, 0.5) is 0 Å². The average molecular weight is 389 g/mol. The van der Waals surface area contributed by atoms with Gasteiger partial charge in [-0.2, -0.15) is 0 Å². The van der Waals surface area contributed by atoms with E-state index in [-0.39, 0.29) is 4.90 Å². The minimum absolute atomic E-state index is 0.0673. The largest absolute Gasteiger partial charge is 0.349 e. The molecule has 7 heteroatoms. The molecule has 0 aliphatic rings. The van der Waals surface area contributed by atoms with Crippen molar-refractivity contribution in [2.24, 2.45) is 5.14 Å². The van der Waals surface area contributed by atoms with E-state index in [0.29, 0.717) is 21.9 Å². The maximum absolute atomic E-state index is 12.1. The highest BCUT2D eigenvalue weighted by Gasteiger charge is 2.24. The number of thioether (sulfide) groups is 1. The van der Waals surface area contributed by atoms with Crippen LogP contribution in [0.1, 0.15) is 19.8 Å². The third-order valence-electron chi connectivity index (χ3n) is 3.90. The van der Waals surface area contributed by atoms with Gasteiger partial charge in [0.05, 0.1) is 10.5 Å². The first-order valence-corrected chi connectivity index (χ1v) is 10.9. The van der Waals surface area contributed by atoms with Gasteiger partial charge in [0.15, 0.2) is 0 Å². The van der Waals surface area contributed by atoms with Crippen molar-refractivity contribution in [1.29, 1.82) is 0 Å². The summed E-state index contributed by atoms with van der Waals surface area (Å²) in [5.74, 6) is 0.866. The number of hydrogen-bond donors (Lipinski definition) is 1. The van der Waals surface area contributed by atoms with Gasteiger partial charge in [0.2, 0.25) is 15.1 Å². The molecule has 0 aliphatic heterocycles. The summed E-state index contributed by atoms with van der Waals surface area (Å²) in [6.45, 7) is 2.12. The summed E-state index contributed by atoms with van der Waals surface area (Å²) in [4.78, 5) is 0.0673. The van der Waals surface area contributed by atoms with Gasteiger partial charge < -0.3 is 4.52 Å². The molecule has 0 amide bonds. The lowest BCUT2D eigenvalue weighted by molar-refractivity contribution is 0.352. The highest BCUT2D eigenvalue weighted by molar-refractivity contribution is 7.99. The summed E-state index contributed by atoms with van der Waals surface area (Å²) in [7, 11) is -3.88. The second kappa shape index (κ2) is 8.07. The Bertz CT molecular complexity index is 983. The van der Waals surface area contributed by atoms with Crippen LogP contribution < -0.4 is 5.14 Å². The predicted molar refractivity (Wildman–Crippen MR) is 104 cm³/mol. The lowest BCUT2D eigenvalue weighted by atomic mass is 10.0. The number of unbranched alkanes of at least 4 members (excludes halogenated alkanes) is 1. The smallest absolute Gasteiger partial charge is 0.238 e. The van der Waals surface area contributed by atoms with E-state index < -0.39 is 10.0 Å². The zero-order valence-electron chi connectivity index (χ0n) is 14.4. The van der Waals surface area contributed by atoms with Crippen molar-refractivity contribution >= 4 is 21.8 Å². The second-order valence-corrected chi connectivity index (χ2v) is 8.40. The molecular formula is C19H20N2O3S2. The zero-order chi connectivity index (χ0) is 18.6. The molecule has 0 saturated heterocycles. The Balaban J connectivity index is 2.20. The molecule has 3 aromatic rings. The molecule has 0 saturated carbocycles. The first-order valence-electron chi connectivity index (χ1n) is 8.32. The summed E-state index contributed by atoms with van der Waals surface area (Å²) in [5.41, 5.74) is 2.65. The van der Waals surface area contributed by atoms with Crippen LogP contribution in [0.5, 0.6) is 0 Å². The molecule has 1 heterocycles. The molecule has 5 nitrogen and oxygen atoms in total. The van der Waals surface area contributed by atoms with Crippen LogP contribution in [0.3, 0.4) is 0 Å². The van der Waals surface area contributed by atoms with Gasteiger partial charge in [-0.3, -0.25) is 0 Å². The molecule has 0 unspecified atom stereocenters. The number of primary sulfonamides is 1. The van der Waals surface area contributed by atoms with E-state index in [4.69, 9.17) is 9.66 Å². The van der Waals surface area contributed by atoms with Gasteiger partial charge in [-0.15, -0.1) is 0 Å². The van der Waals surface area contributed by atoms with Crippen molar-refractivity contribution < 1.29 is 12.9 Å². The number of sulfonamides is 1. The average Bonchev–Trinajstić information content (AvgIpc) is 3.06. The fourth-order valence-electron chi connectivity index (χ4n) is 2.63. The molecule has 3 rings (SSSR count). The maximum Gasteiger partial charge on any atom is 0.238 e. The van der Waals surface area contributed by atoms with Crippen LogP contribution in [-0.4, -0.2) is 19.3 Å². The molecule has 1 aromatic heterocycles. The fourth-order valence-corrected chi connectivity index (χ4v) is 4.44. The van der Waals surface area contributed by atoms with Crippen molar-refractivity contribution in [3.05, 3.63) is 54.6 Å². The molecule has 0 radical (unpaired) electrons. The van der Waals surface area contributed by atoms with Gasteiger partial charge in [-0.25, -0.2) is 13.6 Å². The van der Waals surface area contributed by atoms with Gasteiger partial charge >= 0.3 is 0 Å². The third-order valence-corrected chi connectivity index (χ3v) is 5.90. The van der Waals surface area contributed by atoms with Crippen molar-refractivity contribution in [1.82, 2.24) is 5.16 Å². The Morgan fingerprint density at radius 2 is 1.77 bits per heavy atom. The molecular weight excluding hydrogens is 368 g/mol. The number of hydrogen-bond acceptors (Lipinski definition) is 5. The topological polar surface area (TPSA) is 86.2 Å². The summed E-state index contributed by atoms with van der Waals surface area (Å²) < 4.78 is 29.8. The molecule has 26 heavy (non-hydrogen) atoms. The number of benzene rings is 2. The lowest BCUT2D eigenvalue weighted by Crippen LogP contribution is -2.13. The van der Waals surface area contributed by atoms with Gasteiger partial charge in [-0.05, 0) is 12.5 Å². The molecule has 0 bridgehead atoms. The Kier molecular flexibility index (Phi) is 5.80. The SMILES string of the molecule is CCCCSc1onc(-c2ccccc2)c1-c1ccccc1S(N)(=O)=O. The summed E-state index contributed by atoms with van der Waals surface area (Å²) in [5, 5.41) is 10.3. The van der Waals surface area contributed by atoms with Gasteiger partial charge in [0.25, 0.3) is 0 Å². The third kappa shape index (κ3) is 4.00. The van der Waals surface area contributed by atoms with Crippen LogP contribution in [0, 0.1) is 0 Å². The molecule has 2 N–H and O–H groups in total. The Morgan fingerprint density at radius 1 is 1.08 bits per heavy atom. The second-order valence-electron chi connectivity index (χ2n) is 5.80. The van der Waals surface area contributed by atoms with Gasteiger partial charge in [-0.1, -0.05) is 78.8 Å². The highest BCUT2D eigenvalue weighted by Crippen LogP contribution is 2.41. The molecule has 0 aliphatic carbocycles. The van der Waals surface area contributed by atoms with Gasteiger partial charge in [0.1, 0.15) is 5.69 Å². The van der Waals surface area contributed by atoms with E-state index in [1.165, 1.54) is 17.8 Å². The molecule has 2 aromatic carbocycles. The molecule has 0 fully saturated rings. The van der Waals surface area contributed by atoms with E-state index in [1.54, 1.807) is 18.2 Å². The Morgan fingerprint density at radius 3 is 2.46 bits per heavy atom. The van der Waals surface area contributed by atoms with E-state index in [9.17, 15) is 8.42 Å². The number of aromatic nitrogens is 1. The predicted octanol–water partition coefficient (Wildman–Crippen LogP) is 4.55. The Labute approximate surface area is 157 Å². The summed E-state index contributed by atoms with van der Waals surface area (Å²) in [6.07, 6.45) is 2.10. The first-order chi connectivity index (χ1) is 12.5. The Hall–Kier alpha value is -2.09. The van der Waals surface area contributed by atoms with Crippen LogP contribution >= 0.6 is 11.8 Å². The molecule has 136 valence electrons. The minimum Gasteiger partial charge on any atom is -0.349 e. The molecule has 0 atom stereocenters. The fraction of sp³-hybridized carbons (Fsp3) is 0.211. The number of nitrogens with zero attached hydrogens (tertiary/aromatic N) is 1.